The summed E-state index contributed by atoms with van der Waals surface area (Å²) in [5, 5.41) is 2.19. The van der Waals surface area contributed by atoms with Gasteiger partial charge in [-0.2, -0.15) is 0 Å². The molecule has 1 saturated carbocycles. The molecule has 0 atom stereocenters. The van der Waals surface area contributed by atoms with Crippen LogP contribution in [0.15, 0.2) is 42.5 Å². The highest BCUT2D eigenvalue weighted by atomic mass is 32.2. The van der Waals surface area contributed by atoms with Gasteiger partial charge in [0.1, 0.15) is 6.54 Å². The highest BCUT2D eigenvalue weighted by Gasteiger charge is 2.46. The van der Waals surface area contributed by atoms with Gasteiger partial charge in [0, 0.05) is 6.54 Å². The van der Waals surface area contributed by atoms with Crippen LogP contribution in [0.25, 0.3) is 0 Å². The topological polar surface area (TPSA) is 95.6 Å². The van der Waals surface area contributed by atoms with Crippen molar-refractivity contribution < 1.29 is 18.0 Å². The van der Waals surface area contributed by atoms with E-state index in [4.69, 9.17) is 0 Å². The molecular weight excluding hydrogens is 342 g/mol. The van der Waals surface area contributed by atoms with Crippen molar-refractivity contribution in [3.63, 3.8) is 0 Å². The molecular formula is C17H21N3O4S. The number of carbonyl (C=O) groups is 2. The fourth-order valence-electron chi connectivity index (χ4n) is 2.85. The minimum absolute atomic E-state index is 0.0107. The lowest BCUT2D eigenvalue weighted by atomic mass is 10.1. The molecule has 0 bridgehead atoms. The van der Waals surface area contributed by atoms with E-state index in [1.165, 1.54) is 4.90 Å². The Morgan fingerprint density at radius 1 is 1.16 bits per heavy atom. The van der Waals surface area contributed by atoms with E-state index < -0.39 is 21.6 Å². The number of nitrogens with one attached hydrogen (secondary N) is 2. The van der Waals surface area contributed by atoms with Gasteiger partial charge < -0.3 is 4.90 Å². The molecule has 1 saturated heterocycles. The summed E-state index contributed by atoms with van der Waals surface area (Å²) >= 11 is 0. The molecule has 3 rings (SSSR count). The Labute approximate surface area is 147 Å². The zero-order valence-corrected chi connectivity index (χ0v) is 14.6. The Kier molecular flexibility index (Phi) is 4.91. The van der Waals surface area contributed by atoms with Crippen molar-refractivity contribution in [1.29, 1.82) is 0 Å². The van der Waals surface area contributed by atoms with E-state index in [-0.39, 0.29) is 18.2 Å². The molecule has 2 aliphatic rings. The lowest BCUT2D eigenvalue weighted by Gasteiger charge is -2.17. The maximum absolute atomic E-state index is 12.3. The van der Waals surface area contributed by atoms with Crippen LogP contribution in [0.4, 0.5) is 4.79 Å². The summed E-state index contributed by atoms with van der Waals surface area (Å²) in [5.74, 6) is -0.329. The van der Waals surface area contributed by atoms with Gasteiger partial charge in [0.25, 0.3) is 0 Å². The van der Waals surface area contributed by atoms with E-state index in [1.807, 2.05) is 30.3 Å². The van der Waals surface area contributed by atoms with E-state index in [0.29, 0.717) is 13.0 Å². The maximum Gasteiger partial charge on any atom is 0.324 e. The number of hydrogen-bond donors (Lipinski definition) is 2. The second-order valence-electron chi connectivity index (χ2n) is 6.36. The van der Waals surface area contributed by atoms with Crippen LogP contribution in [0, 0.1) is 0 Å². The molecule has 2 fully saturated rings. The SMILES string of the molecule is O=C1CN(C/C=C\CCS(=O)(=O)NC2(c3ccccc3)CC2)C(=O)N1. The standard InChI is InChI=1S/C17H21N3O4S/c21-15-13-20(16(22)18-15)11-5-2-6-12-25(23,24)19-17(9-10-17)14-7-3-1-4-8-14/h1-5,7-8,19H,6,9-13H2,(H,18,21,22)/b5-2-. The van der Waals surface area contributed by atoms with E-state index in [9.17, 15) is 18.0 Å². The van der Waals surface area contributed by atoms with Crippen LogP contribution in [0.2, 0.25) is 0 Å². The summed E-state index contributed by atoms with van der Waals surface area (Å²) in [5.41, 5.74) is 0.552. The summed E-state index contributed by atoms with van der Waals surface area (Å²) in [7, 11) is -3.39. The zero-order valence-electron chi connectivity index (χ0n) is 13.8. The number of benzene rings is 1. The molecule has 1 aromatic rings. The number of urea groups is 1. The van der Waals surface area contributed by atoms with Crippen LogP contribution in [0.3, 0.4) is 0 Å². The first kappa shape index (κ1) is 17.6. The fourth-order valence-corrected chi connectivity index (χ4v) is 4.32. The minimum Gasteiger partial charge on any atom is -0.311 e. The number of sulfonamides is 1. The molecule has 7 nitrogen and oxygen atoms in total. The molecule has 0 unspecified atom stereocenters. The second-order valence-corrected chi connectivity index (χ2v) is 8.20. The average molecular weight is 363 g/mol. The second kappa shape index (κ2) is 6.97. The number of hydrogen-bond acceptors (Lipinski definition) is 4. The Bertz CT molecular complexity index is 785. The molecule has 134 valence electrons. The van der Waals surface area contributed by atoms with Crippen LogP contribution < -0.4 is 10.0 Å². The number of carbonyl (C=O) groups excluding carboxylic acids is 2. The lowest BCUT2D eigenvalue weighted by Crippen LogP contribution is -2.36. The molecule has 1 aliphatic heterocycles. The van der Waals surface area contributed by atoms with Crippen molar-refractivity contribution in [1.82, 2.24) is 14.9 Å². The highest BCUT2D eigenvalue weighted by molar-refractivity contribution is 7.89. The number of allylic oxidation sites excluding steroid dienone is 1. The molecule has 3 amide bonds. The van der Waals surface area contributed by atoms with E-state index in [1.54, 1.807) is 12.2 Å². The van der Waals surface area contributed by atoms with Crippen molar-refractivity contribution in [2.24, 2.45) is 0 Å². The normalized spacial score (nSPS) is 19.4. The van der Waals surface area contributed by atoms with Crippen molar-refractivity contribution >= 4 is 22.0 Å². The summed E-state index contributed by atoms with van der Waals surface area (Å²) in [4.78, 5) is 23.8. The van der Waals surface area contributed by atoms with Crippen LogP contribution in [-0.4, -0.2) is 44.1 Å². The van der Waals surface area contributed by atoms with Crippen LogP contribution in [-0.2, 0) is 20.4 Å². The van der Waals surface area contributed by atoms with E-state index >= 15 is 0 Å². The molecule has 0 radical (unpaired) electrons. The predicted molar refractivity (Wildman–Crippen MR) is 93.1 cm³/mol. The molecule has 8 heteroatoms. The predicted octanol–water partition coefficient (Wildman–Crippen LogP) is 1.09. The third-order valence-corrected chi connectivity index (χ3v) is 5.82. The van der Waals surface area contributed by atoms with Gasteiger partial charge in [-0.3, -0.25) is 10.1 Å². The Hall–Kier alpha value is -2.19. The van der Waals surface area contributed by atoms with Gasteiger partial charge in [-0.1, -0.05) is 42.5 Å². The lowest BCUT2D eigenvalue weighted by molar-refractivity contribution is -0.118. The number of imide groups is 1. The molecule has 1 aromatic carbocycles. The first-order chi connectivity index (χ1) is 11.9. The zero-order chi connectivity index (χ0) is 17.9. The summed E-state index contributed by atoms with van der Waals surface area (Å²) < 4.78 is 27.4. The van der Waals surface area contributed by atoms with Gasteiger partial charge in [-0.05, 0) is 24.8 Å². The van der Waals surface area contributed by atoms with E-state index in [0.717, 1.165) is 18.4 Å². The summed E-state index contributed by atoms with van der Waals surface area (Å²) in [6.45, 7) is 0.335. The fraction of sp³-hybridized carbons (Fsp3) is 0.412. The third-order valence-electron chi connectivity index (χ3n) is 4.34. The monoisotopic (exact) mass is 363 g/mol. The largest absolute Gasteiger partial charge is 0.324 e. The van der Waals surface area contributed by atoms with Crippen LogP contribution >= 0.6 is 0 Å². The van der Waals surface area contributed by atoms with Gasteiger partial charge in [0.05, 0.1) is 11.3 Å². The van der Waals surface area contributed by atoms with Crippen molar-refractivity contribution in [2.45, 2.75) is 24.8 Å². The smallest absolute Gasteiger partial charge is 0.311 e. The highest BCUT2D eigenvalue weighted by Crippen LogP contribution is 2.45. The van der Waals surface area contributed by atoms with Gasteiger partial charge in [0.15, 0.2) is 0 Å². The Balaban J connectivity index is 1.47. The van der Waals surface area contributed by atoms with Crippen LogP contribution in [0.5, 0.6) is 0 Å². The number of nitrogens with zero attached hydrogens (tertiary/aromatic N) is 1. The maximum atomic E-state index is 12.3. The minimum atomic E-state index is -3.39. The average Bonchev–Trinajstić information content (AvgIpc) is 3.26. The first-order valence-corrected chi connectivity index (χ1v) is 9.86. The quantitative estimate of drug-likeness (QED) is 0.534. The van der Waals surface area contributed by atoms with Crippen molar-refractivity contribution in [2.75, 3.05) is 18.8 Å². The molecule has 1 heterocycles. The first-order valence-electron chi connectivity index (χ1n) is 8.21. The number of rotatable bonds is 8. The molecule has 0 spiro atoms. The third kappa shape index (κ3) is 4.46. The van der Waals surface area contributed by atoms with Crippen molar-refractivity contribution in [3.05, 3.63) is 48.0 Å². The van der Waals surface area contributed by atoms with Gasteiger partial charge in [0.2, 0.25) is 15.9 Å². The van der Waals surface area contributed by atoms with Crippen LogP contribution in [0.1, 0.15) is 24.8 Å². The number of amides is 3. The molecule has 0 aromatic heterocycles. The van der Waals surface area contributed by atoms with Crippen molar-refractivity contribution in [3.8, 4) is 0 Å². The Morgan fingerprint density at radius 3 is 2.48 bits per heavy atom. The van der Waals surface area contributed by atoms with Gasteiger partial charge in [-0.25, -0.2) is 17.9 Å². The Morgan fingerprint density at radius 2 is 1.88 bits per heavy atom. The van der Waals surface area contributed by atoms with E-state index in [2.05, 4.69) is 10.0 Å². The molecule has 2 N–H and O–H groups in total. The molecule has 1 aliphatic carbocycles. The summed E-state index contributed by atoms with van der Waals surface area (Å²) in [6, 6.07) is 9.20. The van der Waals surface area contributed by atoms with Gasteiger partial charge >= 0.3 is 6.03 Å². The van der Waals surface area contributed by atoms with Gasteiger partial charge in [-0.15, -0.1) is 0 Å². The molecule has 25 heavy (non-hydrogen) atoms. The summed E-state index contributed by atoms with van der Waals surface area (Å²) in [6.07, 6.45) is 5.40.